The van der Waals surface area contributed by atoms with Crippen molar-refractivity contribution in [3.8, 4) is 0 Å². The molecule has 0 spiro atoms. The number of allylic oxidation sites excluding steroid dienone is 3. The van der Waals surface area contributed by atoms with Gasteiger partial charge in [0.2, 0.25) is 5.91 Å². The highest BCUT2D eigenvalue weighted by atomic mass is 32.1. The van der Waals surface area contributed by atoms with Gasteiger partial charge in [-0.25, -0.2) is 19.4 Å². The molecule has 2 aromatic rings. The Morgan fingerprint density at radius 1 is 1.30 bits per heavy atom. The first-order chi connectivity index (χ1) is 13.1. The quantitative estimate of drug-likeness (QED) is 0.853. The maximum absolute atomic E-state index is 13.0. The van der Waals surface area contributed by atoms with Crippen LogP contribution in [0.5, 0.6) is 0 Å². The molecule has 2 aliphatic rings. The van der Waals surface area contributed by atoms with Gasteiger partial charge in [0.05, 0.1) is 16.9 Å². The third-order valence-electron chi connectivity index (χ3n) is 4.45. The highest BCUT2D eigenvalue weighted by Gasteiger charge is 2.22. The number of rotatable bonds is 5. The fraction of sp³-hybridized carbons (Fsp3) is 0.200. The topological polar surface area (TPSA) is 66.7 Å². The van der Waals surface area contributed by atoms with E-state index in [0.717, 1.165) is 28.4 Å². The van der Waals surface area contributed by atoms with E-state index in [-0.39, 0.29) is 17.6 Å². The van der Waals surface area contributed by atoms with Gasteiger partial charge < -0.3 is 5.32 Å². The number of amidine groups is 1. The molecule has 5 nitrogen and oxygen atoms in total. The highest BCUT2D eigenvalue weighted by molar-refractivity contribution is 7.07. The Morgan fingerprint density at radius 2 is 2.11 bits per heavy atom. The summed E-state index contributed by atoms with van der Waals surface area (Å²) in [5, 5.41) is 4.84. The Kier molecular flexibility index (Phi) is 4.77. The summed E-state index contributed by atoms with van der Waals surface area (Å²) in [6, 6.07) is 6.25. The van der Waals surface area contributed by atoms with Crippen LogP contribution >= 0.6 is 11.3 Å². The van der Waals surface area contributed by atoms with Crippen LogP contribution in [0, 0.1) is 5.82 Å². The Bertz CT molecular complexity index is 987. The summed E-state index contributed by atoms with van der Waals surface area (Å²) in [6.45, 7) is 1.95. The zero-order valence-corrected chi connectivity index (χ0v) is 15.5. The Hall–Kier alpha value is -2.93. The molecule has 7 heteroatoms. The average Bonchev–Trinajstić information content (AvgIpc) is 3.31. The second-order valence-corrected chi connectivity index (χ2v) is 7.18. The number of nitrogens with one attached hydrogen (secondary N) is 1. The minimum atomic E-state index is -0.277. The second kappa shape index (κ2) is 7.36. The van der Waals surface area contributed by atoms with Gasteiger partial charge in [0, 0.05) is 23.9 Å². The third-order valence-corrected chi connectivity index (χ3v) is 5.03. The molecule has 27 heavy (non-hydrogen) atoms. The summed E-state index contributed by atoms with van der Waals surface area (Å²) < 4.78 is 13.0. The SMILES string of the molecule is CC(CC(=O)NC1=CCC2=NC(c3cscn3)=NC2=C1)c1ccc(F)cc1. The van der Waals surface area contributed by atoms with Crippen molar-refractivity contribution in [3.63, 3.8) is 0 Å². The van der Waals surface area contributed by atoms with Gasteiger partial charge in [-0.1, -0.05) is 25.1 Å². The van der Waals surface area contributed by atoms with Crippen LogP contribution in [0.4, 0.5) is 4.39 Å². The smallest absolute Gasteiger partial charge is 0.224 e. The van der Waals surface area contributed by atoms with Crippen molar-refractivity contribution in [3.05, 3.63) is 75.8 Å². The molecule has 0 radical (unpaired) electrons. The molecule has 136 valence electrons. The van der Waals surface area contributed by atoms with E-state index in [4.69, 9.17) is 0 Å². The van der Waals surface area contributed by atoms with Gasteiger partial charge in [-0.2, -0.15) is 0 Å². The summed E-state index contributed by atoms with van der Waals surface area (Å²) in [6.07, 6.45) is 4.71. The van der Waals surface area contributed by atoms with Gasteiger partial charge >= 0.3 is 0 Å². The highest BCUT2D eigenvalue weighted by Crippen LogP contribution is 2.24. The Labute approximate surface area is 160 Å². The predicted octanol–water partition coefficient (Wildman–Crippen LogP) is 3.96. The summed E-state index contributed by atoms with van der Waals surface area (Å²) in [5.74, 6) is 0.252. The molecule has 0 fully saturated rings. The van der Waals surface area contributed by atoms with Gasteiger partial charge in [-0.3, -0.25) is 4.79 Å². The Morgan fingerprint density at radius 3 is 2.85 bits per heavy atom. The first-order valence-corrected chi connectivity index (χ1v) is 9.55. The molecule has 0 saturated heterocycles. The number of nitrogens with zero attached hydrogens (tertiary/aromatic N) is 3. The van der Waals surface area contributed by atoms with Gasteiger partial charge in [-0.15, -0.1) is 11.3 Å². The predicted molar refractivity (Wildman–Crippen MR) is 104 cm³/mol. The normalized spacial score (nSPS) is 16.7. The first-order valence-electron chi connectivity index (χ1n) is 8.61. The van der Waals surface area contributed by atoms with Crippen LogP contribution in [0.3, 0.4) is 0 Å². The molecule has 1 atom stereocenters. The number of hydrogen-bond donors (Lipinski definition) is 1. The van der Waals surface area contributed by atoms with Gasteiger partial charge in [0.15, 0.2) is 5.84 Å². The number of aliphatic imine (C=N–C) groups is 2. The zero-order chi connectivity index (χ0) is 18.8. The van der Waals surface area contributed by atoms with Crippen molar-refractivity contribution in [2.45, 2.75) is 25.7 Å². The van der Waals surface area contributed by atoms with Crippen LogP contribution in [0.1, 0.15) is 36.9 Å². The molecule has 1 N–H and O–H groups in total. The molecule has 0 bridgehead atoms. The van der Waals surface area contributed by atoms with E-state index in [0.29, 0.717) is 18.7 Å². The largest absolute Gasteiger partial charge is 0.326 e. The number of thiazole rings is 1. The third kappa shape index (κ3) is 3.93. The van der Waals surface area contributed by atoms with E-state index in [1.54, 1.807) is 17.6 Å². The van der Waals surface area contributed by atoms with E-state index >= 15 is 0 Å². The molecule has 1 aromatic carbocycles. The van der Waals surface area contributed by atoms with Crippen LogP contribution in [-0.4, -0.2) is 22.4 Å². The average molecular weight is 380 g/mol. The van der Waals surface area contributed by atoms with Crippen molar-refractivity contribution >= 4 is 28.8 Å². The van der Waals surface area contributed by atoms with Crippen molar-refractivity contribution in [2.75, 3.05) is 0 Å². The molecule has 4 rings (SSSR count). The number of halogens is 1. The lowest BCUT2D eigenvalue weighted by Gasteiger charge is -2.14. The maximum Gasteiger partial charge on any atom is 0.224 e. The zero-order valence-electron chi connectivity index (χ0n) is 14.6. The van der Waals surface area contributed by atoms with E-state index < -0.39 is 0 Å². The number of amides is 1. The number of carbonyl (C=O) groups excluding carboxylic acids is 1. The number of benzene rings is 1. The van der Waals surface area contributed by atoms with Crippen molar-refractivity contribution in [2.24, 2.45) is 9.98 Å². The lowest BCUT2D eigenvalue weighted by molar-refractivity contribution is -0.120. The maximum atomic E-state index is 13.0. The standard InChI is InChI=1S/C20H17FN4OS/c1-12(13-2-4-14(21)5-3-13)8-19(26)23-15-6-7-16-17(9-15)25-20(24-16)18-10-27-11-22-18/h2-6,9-12H,7-8H2,1H3,(H,23,26). The van der Waals surface area contributed by atoms with E-state index in [2.05, 4.69) is 20.3 Å². The lowest BCUT2D eigenvalue weighted by atomic mass is 9.97. The molecule has 0 saturated carbocycles. The van der Waals surface area contributed by atoms with Gasteiger partial charge in [-0.05, 0) is 29.7 Å². The summed E-state index contributed by atoms with van der Waals surface area (Å²) >= 11 is 1.50. The molecular weight excluding hydrogens is 363 g/mol. The monoisotopic (exact) mass is 380 g/mol. The number of fused-ring (bicyclic) bond motifs is 1. The second-order valence-electron chi connectivity index (χ2n) is 6.47. The minimum absolute atomic E-state index is 0.000312. The molecular formula is C20H17FN4OS. The molecule has 1 aliphatic heterocycles. The lowest BCUT2D eigenvalue weighted by Crippen LogP contribution is -2.25. The van der Waals surface area contributed by atoms with Gasteiger partial charge in [0.25, 0.3) is 0 Å². The van der Waals surface area contributed by atoms with Crippen LogP contribution in [0.15, 0.2) is 68.7 Å². The van der Waals surface area contributed by atoms with Gasteiger partial charge in [0.1, 0.15) is 11.5 Å². The number of aromatic nitrogens is 1. The van der Waals surface area contributed by atoms with E-state index in [1.165, 1.54) is 23.5 Å². The number of hydrogen-bond acceptors (Lipinski definition) is 5. The molecule has 1 aromatic heterocycles. The van der Waals surface area contributed by atoms with Crippen LogP contribution in [0.2, 0.25) is 0 Å². The summed E-state index contributed by atoms with van der Waals surface area (Å²) in [4.78, 5) is 25.6. The van der Waals surface area contributed by atoms with Crippen molar-refractivity contribution in [1.29, 1.82) is 0 Å². The first kappa shape index (κ1) is 17.5. The van der Waals surface area contributed by atoms with Crippen molar-refractivity contribution < 1.29 is 9.18 Å². The minimum Gasteiger partial charge on any atom is -0.326 e. The fourth-order valence-corrected chi connectivity index (χ4v) is 3.52. The summed E-state index contributed by atoms with van der Waals surface area (Å²) in [5.41, 5.74) is 5.83. The Balaban J connectivity index is 1.40. The number of carbonyl (C=O) groups is 1. The summed E-state index contributed by atoms with van der Waals surface area (Å²) in [7, 11) is 0. The fourth-order valence-electron chi connectivity index (χ4n) is 2.99. The van der Waals surface area contributed by atoms with Crippen molar-refractivity contribution in [1.82, 2.24) is 10.3 Å². The van der Waals surface area contributed by atoms with Crippen LogP contribution in [0.25, 0.3) is 0 Å². The van der Waals surface area contributed by atoms with Crippen LogP contribution in [-0.2, 0) is 4.79 Å². The molecule has 1 unspecified atom stereocenters. The van der Waals surface area contributed by atoms with Crippen LogP contribution < -0.4 is 5.32 Å². The van der Waals surface area contributed by atoms with E-state index in [1.807, 2.05) is 24.5 Å². The molecule has 2 heterocycles. The van der Waals surface area contributed by atoms with E-state index in [9.17, 15) is 9.18 Å². The molecule has 1 aliphatic carbocycles. The molecule has 1 amide bonds.